The first-order valence-corrected chi connectivity index (χ1v) is 4.69. The zero-order chi connectivity index (χ0) is 9.26. The van der Waals surface area contributed by atoms with Crippen LogP contribution in [0.15, 0.2) is 18.3 Å². The minimum absolute atomic E-state index is 0. The van der Waals surface area contributed by atoms with Gasteiger partial charge in [-0.3, -0.25) is 0 Å². The van der Waals surface area contributed by atoms with Gasteiger partial charge in [-0.05, 0) is 31.4 Å². The quantitative estimate of drug-likeness (QED) is 0.845. The van der Waals surface area contributed by atoms with E-state index in [0.717, 1.165) is 18.7 Å². The van der Waals surface area contributed by atoms with E-state index in [1.54, 1.807) is 0 Å². The van der Waals surface area contributed by atoms with Crippen LogP contribution in [0.4, 0.5) is 5.82 Å². The van der Waals surface area contributed by atoms with Gasteiger partial charge in [0.05, 0.1) is 0 Å². The second kappa shape index (κ2) is 6.16. The number of pyridine rings is 1. The Morgan fingerprint density at radius 3 is 2.47 bits per heavy atom. The second-order valence-corrected chi connectivity index (χ2v) is 3.79. The number of anilines is 1. The van der Waals surface area contributed by atoms with Gasteiger partial charge in [0.15, 0.2) is 0 Å². The SMILES string of the molecule is Cc1ccc(NC2CC(N)C2)nc1.Cl.Cl. The summed E-state index contributed by atoms with van der Waals surface area (Å²) in [7, 11) is 0. The highest BCUT2D eigenvalue weighted by Crippen LogP contribution is 2.21. The molecule has 1 aromatic rings. The standard InChI is InChI=1S/C10H15N3.2ClH/c1-7-2-3-10(12-6-7)13-9-4-8(11)5-9;;/h2-3,6,8-9H,4-5,11H2,1H3,(H,12,13);2*1H. The Hall–Kier alpha value is -0.510. The number of halogens is 2. The largest absolute Gasteiger partial charge is 0.367 e. The highest BCUT2D eigenvalue weighted by atomic mass is 35.5. The van der Waals surface area contributed by atoms with Gasteiger partial charge in [0.1, 0.15) is 5.82 Å². The number of nitrogens with two attached hydrogens (primary N) is 1. The maximum absolute atomic E-state index is 5.69. The van der Waals surface area contributed by atoms with Gasteiger partial charge in [-0.1, -0.05) is 6.07 Å². The van der Waals surface area contributed by atoms with E-state index in [9.17, 15) is 0 Å². The lowest BCUT2D eigenvalue weighted by molar-refractivity contribution is 0.373. The number of rotatable bonds is 2. The molecule has 1 aliphatic rings. The van der Waals surface area contributed by atoms with E-state index in [1.165, 1.54) is 5.56 Å². The molecule has 1 aliphatic carbocycles. The Bertz CT molecular complexity index is 283. The number of aryl methyl sites for hydroxylation is 1. The van der Waals surface area contributed by atoms with E-state index < -0.39 is 0 Å². The van der Waals surface area contributed by atoms with Crippen LogP contribution in [0.5, 0.6) is 0 Å². The van der Waals surface area contributed by atoms with Crippen molar-refractivity contribution in [3.8, 4) is 0 Å². The Morgan fingerprint density at radius 2 is 2.00 bits per heavy atom. The summed E-state index contributed by atoms with van der Waals surface area (Å²) in [4.78, 5) is 4.27. The van der Waals surface area contributed by atoms with Gasteiger partial charge in [-0.2, -0.15) is 0 Å². The maximum Gasteiger partial charge on any atom is 0.126 e. The molecule has 0 aromatic carbocycles. The van der Waals surface area contributed by atoms with Gasteiger partial charge in [-0.15, -0.1) is 24.8 Å². The van der Waals surface area contributed by atoms with Crippen LogP contribution in [0.25, 0.3) is 0 Å². The third-order valence-corrected chi connectivity index (χ3v) is 2.44. The molecule has 0 amide bonds. The predicted molar refractivity (Wildman–Crippen MR) is 68.1 cm³/mol. The van der Waals surface area contributed by atoms with E-state index in [4.69, 9.17) is 5.73 Å². The highest BCUT2D eigenvalue weighted by molar-refractivity contribution is 5.85. The molecule has 0 spiro atoms. The van der Waals surface area contributed by atoms with E-state index in [0.29, 0.717) is 12.1 Å². The fourth-order valence-corrected chi connectivity index (χ4v) is 1.54. The molecule has 1 aromatic heterocycles. The summed E-state index contributed by atoms with van der Waals surface area (Å²) in [6.45, 7) is 2.04. The summed E-state index contributed by atoms with van der Waals surface area (Å²) >= 11 is 0. The normalized spacial score (nSPS) is 23.1. The lowest BCUT2D eigenvalue weighted by atomic mass is 9.88. The van der Waals surface area contributed by atoms with Crippen molar-refractivity contribution < 1.29 is 0 Å². The molecule has 15 heavy (non-hydrogen) atoms. The molecule has 2 rings (SSSR count). The summed E-state index contributed by atoms with van der Waals surface area (Å²) in [5, 5.41) is 3.34. The van der Waals surface area contributed by atoms with Crippen LogP contribution in [0.3, 0.4) is 0 Å². The molecule has 0 saturated heterocycles. The number of aromatic nitrogens is 1. The Balaban J connectivity index is 0.000000980. The van der Waals surface area contributed by atoms with Crippen molar-refractivity contribution in [3.05, 3.63) is 23.9 Å². The van der Waals surface area contributed by atoms with Crippen molar-refractivity contribution in [2.45, 2.75) is 31.8 Å². The average Bonchev–Trinajstić information content (AvgIpc) is 2.06. The summed E-state index contributed by atoms with van der Waals surface area (Å²) in [6.07, 6.45) is 4.01. The molecule has 1 heterocycles. The Kier molecular flexibility index (Phi) is 5.95. The molecule has 86 valence electrons. The molecule has 1 fully saturated rings. The van der Waals surface area contributed by atoms with Crippen LogP contribution >= 0.6 is 24.8 Å². The smallest absolute Gasteiger partial charge is 0.126 e. The fourth-order valence-electron chi connectivity index (χ4n) is 1.54. The maximum atomic E-state index is 5.69. The number of nitrogens with zero attached hydrogens (tertiary/aromatic N) is 1. The van der Waals surface area contributed by atoms with Gasteiger partial charge in [0, 0.05) is 18.3 Å². The molecule has 0 atom stereocenters. The third kappa shape index (κ3) is 3.86. The van der Waals surface area contributed by atoms with Gasteiger partial charge >= 0.3 is 0 Å². The van der Waals surface area contributed by atoms with Crippen LogP contribution in [0.1, 0.15) is 18.4 Å². The van der Waals surface area contributed by atoms with Crippen LogP contribution in [0, 0.1) is 6.92 Å². The Labute approximate surface area is 103 Å². The topological polar surface area (TPSA) is 50.9 Å². The average molecular weight is 250 g/mol. The number of hydrogen-bond donors (Lipinski definition) is 2. The van der Waals surface area contributed by atoms with E-state index in [1.807, 2.05) is 19.2 Å². The molecule has 3 nitrogen and oxygen atoms in total. The van der Waals surface area contributed by atoms with Crippen LogP contribution < -0.4 is 11.1 Å². The Morgan fingerprint density at radius 1 is 1.33 bits per heavy atom. The van der Waals surface area contributed by atoms with Crippen molar-refractivity contribution in [3.63, 3.8) is 0 Å². The molecule has 0 radical (unpaired) electrons. The summed E-state index contributed by atoms with van der Waals surface area (Å²) in [6, 6.07) is 5.00. The summed E-state index contributed by atoms with van der Waals surface area (Å²) in [5.74, 6) is 0.961. The lowest BCUT2D eigenvalue weighted by Gasteiger charge is -2.33. The lowest BCUT2D eigenvalue weighted by Crippen LogP contribution is -2.44. The zero-order valence-corrected chi connectivity index (χ0v) is 10.3. The van der Waals surface area contributed by atoms with Crippen molar-refractivity contribution in [2.75, 3.05) is 5.32 Å². The van der Waals surface area contributed by atoms with Gasteiger partial charge in [0.25, 0.3) is 0 Å². The molecular weight excluding hydrogens is 233 g/mol. The minimum Gasteiger partial charge on any atom is -0.367 e. The van der Waals surface area contributed by atoms with Crippen LogP contribution in [-0.4, -0.2) is 17.1 Å². The van der Waals surface area contributed by atoms with Crippen LogP contribution in [-0.2, 0) is 0 Å². The van der Waals surface area contributed by atoms with Crippen molar-refractivity contribution >= 4 is 30.6 Å². The fraction of sp³-hybridized carbons (Fsp3) is 0.500. The first-order valence-electron chi connectivity index (χ1n) is 4.69. The number of hydrogen-bond acceptors (Lipinski definition) is 3. The molecular formula is C10H17Cl2N3. The molecule has 0 unspecified atom stereocenters. The van der Waals surface area contributed by atoms with E-state index >= 15 is 0 Å². The first-order chi connectivity index (χ1) is 6.24. The van der Waals surface area contributed by atoms with E-state index in [-0.39, 0.29) is 24.8 Å². The van der Waals surface area contributed by atoms with Crippen molar-refractivity contribution in [1.29, 1.82) is 0 Å². The third-order valence-electron chi connectivity index (χ3n) is 2.44. The van der Waals surface area contributed by atoms with Gasteiger partial charge < -0.3 is 11.1 Å². The predicted octanol–water partition coefficient (Wildman–Crippen LogP) is 2.14. The minimum atomic E-state index is 0. The molecule has 0 bridgehead atoms. The molecule has 1 saturated carbocycles. The summed E-state index contributed by atoms with van der Waals surface area (Å²) < 4.78 is 0. The summed E-state index contributed by atoms with van der Waals surface area (Å²) in [5.41, 5.74) is 6.88. The first kappa shape index (κ1) is 14.5. The van der Waals surface area contributed by atoms with Crippen molar-refractivity contribution in [1.82, 2.24) is 4.98 Å². The zero-order valence-electron chi connectivity index (χ0n) is 8.64. The van der Waals surface area contributed by atoms with Gasteiger partial charge in [0.2, 0.25) is 0 Å². The monoisotopic (exact) mass is 249 g/mol. The molecule has 0 aliphatic heterocycles. The molecule has 3 N–H and O–H groups in total. The van der Waals surface area contributed by atoms with Crippen molar-refractivity contribution in [2.24, 2.45) is 5.73 Å². The van der Waals surface area contributed by atoms with Gasteiger partial charge in [-0.25, -0.2) is 4.98 Å². The highest BCUT2D eigenvalue weighted by Gasteiger charge is 2.25. The number of nitrogens with one attached hydrogen (secondary N) is 1. The van der Waals surface area contributed by atoms with Crippen LogP contribution in [0.2, 0.25) is 0 Å². The molecule has 5 heteroatoms. The second-order valence-electron chi connectivity index (χ2n) is 3.79. The van der Waals surface area contributed by atoms with E-state index in [2.05, 4.69) is 16.4 Å².